The molecule has 0 bridgehead atoms. The third-order valence-electron chi connectivity index (χ3n) is 5.12. The number of piperazine rings is 1. The number of nitrogens with zero attached hydrogens (tertiary/aromatic N) is 3. The molecule has 1 aromatic carbocycles. The fourth-order valence-electron chi connectivity index (χ4n) is 3.77. The molecule has 2 saturated heterocycles. The molecule has 2 aliphatic rings. The van der Waals surface area contributed by atoms with Crippen LogP contribution in [-0.2, 0) is 10.0 Å². The van der Waals surface area contributed by atoms with Crippen LogP contribution in [0, 0.1) is 0 Å². The molecule has 1 atom stereocenters. The quantitative estimate of drug-likeness (QED) is 0.842. The smallest absolute Gasteiger partial charge is 0.211 e. The van der Waals surface area contributed by atoms with Crippen molar-refractivity contribution in [2.75, 3.05) is 50.4 Å². The predicted molar refractivity (Wildman–Crippen MR) is 94.3 cm³/mol. The standard InChI is InChI=1S/C17H27N3O2S/c1-3-18-10-4-5-17(18)15-6-8-16(9-7-15)19-11-13-20(14-12-19)23(2,21)22/h6-9,17H,3-5,10-14H2,1-2H3. The number of likely N-dealkylation sites (tertiary alicyclic amines) is 1. The van der Waals surface area contributed by atoms with Crippen molar-refractivity contribution < 1.29 is 8.42 Å². The second-order valence-electron chi connectivity index (χ2n) is 6.53. The van der Waals surface area contributed by atoms with Crippen LogP contribution in [-0.4, -0.2) is 63.1 Å². The zero-order chi connectivity index (χ0) is 16.4. The Kier molecular flexibility index (Phi) is 4.94. The van der Waals surface area contributed by atoms with Crippen molar-refractivity contribution in [3.63, 3.8) is 0 Å². The highest BCUT2D eigenvalue weighted by molar-refractivity contribution is 7.88. The Bertz CT molecular complexity index is 622. The Labute approximate surface area is 139 Å². The summed E-state index contributed by atoms with van der Waals surface area (Å²) >= 11 is 0. The van der Waals surface area contributed by atoms with Crippen LogP contribution in [0.4, 0.5) is 5.69 Å². The van der Waals surface area contributed by atoms with Gasteiger partial charge in [0.25, 0.3) is 0 Å². The average Bonchev–Trinajstić information content (AvgIpc) is 3.03. The van der Waals surface area contributed by atoms with Gasteiger partial charge in [0, 0.05) is 37.9 Å². The van der Waals surface area contributed by atoms with Crippen LogP contribution in [0.3, 0.4) is 0 Å². The van der Waals surface area contributed by atoms with Gasteiger partial charge in [-0.3, -0.25) is 4.90 Å². The van der Waals surface area contributed by atoms with E-state index in [1.807, 2.05) is 0 Å². The molecule has 0 aromatic heterocycles. The number of sulfonamides is 1. The molecule has 5 nitrogen and oxygen atoms in total. The van der Waals surface area contributed by atoms with Crippen LogP contribution in [0.15, 0.2) is 24.3 Å². The first-order valence-corrected chi connectivity index (χ1v) is 10.4. The van der Waals surface area contributed by atoms with E-state index in [4.69, 9.17) is 0 Å². The maximum Gasteiger partial charge on any atom is 0.211 e. The van der Waals surface area contributed by atoms with Crippen LogP contribution in [0.1, 0.15) is 31.4 Å². The number of hydrogen-bond donors (Lipinski definition) is 0. The number of hydrogen-bond acceptors (Lipinski definition) is 4. The van der Waals surface area contributed by atoms with Gasteiger partial charge in [0.15, 0.2) is 0 Å². The molecule has 6 heteroatoms. The third-order valence-corrected chi connectivity index (χ3v) is 6.42. The molecule has 1 aromatic rings. The van der Waals surface area contributed by atoms with Crippen molar-refractivity contribution in [3.05, 3.63) is 29.8 Å². The molecule has 2 aliphatic heterocycles. The molecule has 0 spiro atoms. The van der Waals surface area contributed by atoms with Gasteiger partial charge in [-0.2, -0.15) is 4.31 Å². The first-order valence-electron chi connectivity index (χ1n) is 8.53. The van der Waals surface area contributed by atoms with Gasteiger partial charge in [-0.15, -0.1) is 0 Å². The molecule has 2 fully saturated rings. The van der Waals surface area contributed by atoms with Crippen LogP contribution in [0.2, 0.25) is 0 Å². The van der Waals surface area contributed by atoms with Gasteiger partial charge in [0.1, 0.15) is 0 Å². The van der Waals surface area contributed by atoms with Crippen molar-refractivity contribution in [3.8, 4) is 0 Å². The Morgan fingerprint density at radius 2 is 1.70 bits per heavy atom. The monoisotopic (exact) mass is 337 g/mol. The second-order valence-corrected chi connectivity index (χ2v) is 8.51. The average molecular weight is 337 g/mol. The highest BCUT2D eigenvalue weighted by Gasteiger charge is 2.26. The first-order chi connectivity index (χ1) is 11.0. The molecule has 0 radical (unpaired) electrons. The van der Waals surface area contributed by atoms with Gasteiger partial charge in [-0.1, -0.05) is 19.1 Å². The van der Waals surface area contributed by atoms with Crippen LogP contribution in [0.5, 0.6) is 0 Å². The topological polar surface area (TPSA) is 43.9 Å². The normalized spacial score (nSPS) is 24.3. The summed E-state index contributed by atoms with van der Waals surface area (Å²) in [5.41, 5.74) is 2.60. The first kappa shape index (κ1) is 16.7. The molecule has 2 heterocycles. The van der Waals surface area contributed by atoms with E-state index in [-0.39, 0.29) is 0 Å². The minimum absolute atomic E-state index is 0.566. The van der Waals surface area contributed by atoms with Crippen LogP contribution in [0.25, 0.3) is 0 Å². The maximum absolute atomic E-state index is 11.6. The van der Waals surface area contributed by atoms with E-state index >= 15 is 0 Å². The lowest BCUT2D eigenvalue weighted by Crippen LogP contribution is -2.48. The van der Waals surface area contributed by atoms with Crippen molar-refractivity contribution >= 4 is 15.7 Å². The van der Waals surface area contributed by atoms with E-state index in [2.05, 4.69) is 41.0 Å². The molecule has 0 saturated carbocycles. The zero-order valence-electron chi connectivity index (χ0n) is 14.1. The number of benzene rings is 1. The van der Waals surface area contributed by atoms with Gasteiger partial charge in [0.05, 0.1) is 6.26 Å². The molecule has 3 rings (SSSR count). The summed E-state index contributed by atoms with van der Waals surface area (Å²) in [5.74, 6) is 0. The number of anilines is 1. The fourth-order valence-corrected chi connectivity index (χ4v) is 4.59. The Morgan fingerprint density at radius 3 is 2.26 bits per heavy atom. The van der Waals surface area contributed by atoms with E-state index in [0.29, 0.717) is 19.1 Å². The zero-order valence-corrected chi connectivity index (χ0v) is 14.9. The van der Waals surface area contributed by atoms with Gasteiger partial charge in [-0.05, 0) is 43.6 Å². The summed E-state index contributed by atoms with van der Waals surface area (Å²) < 4.78 is 24.7. The lowest BCUT2D eigenvalue weighted by molar-refractivity contribution is 0.271. The molecule has 0 N–H and O–H groups in total. The summed E-state index contributed by atoms with van der Waals surface area (Å²) in [5, 5.41) is 0. The van der Waals surface area contributed by atoms with Gasteiger partial charge >= 0.3 is 0 Å². The van der Waals surface area contributed by atoms with Gasteiger partial charge in [0.2, 0.25) is 10.0 Å². The van der Waals surface area contributed by atoms with Gasteiger partial charge in [-0.25, -0.2) is 8.42 Å². The Hall–Kier alpha value is -1.11. The fraction of sp³-hybridized carbons (Fsp3) is 0.647. The van der Waals surface area contributed by atoms with E-state index in [1.54, 1.807) is 4.31 Å². The van der Waals surface area contributed by atoms with Crippen molar-refractivity contribution in [2.45, 2.75) is 25.8 Å². The third kappa shape index (κ3) is 3.70. The summed E-state index contributed by atoms with van der Waals surface area (Å²) in [4.78, 5) is 4.82. The lowest BCUT2D eigenvalue weighted by Gasteiger charge is -2.35. The van der Waals surface area contributed by atoms with E-state index in [9.17, 15) is 8.42 Å². The molecular weight excluding hydrogens is 310 g/mol. The molecule has 0 amide bonds. The Balaban J connectivity index is 1.64. The summed E-state index contributed by atoms with van der Waals surface area (Å²) in [6.07, 6.45) is 3.83. The van der Waals surface area contributed by atoms with Crippen molar-refractivity contribution in [1.82, 2.24) is 9.21 Å². The highest BCUT2D eigenvalue weighted by Crippen LogP contribution is 2.32. The van der Waals surface area contributed by atoms with Crippen LogP contribution < -0.4 is 4.90 Å². The summed E-state index contributed by atoms with van der Waals surface area (Å²) in [6.45, 7) is 7.22. The van der Waals surface area contributed by atoms with Crippen molar-refractivity contribution in [2.24, 2.45) is 0 Å². The highest BCUT2D eigenvalue weighted by atomic mass is 32.2. The minimum Gasteiger partial charge on any atom is -0.369 e. The van der Waals surface area contributed by atoms with E-state index < -0.39 is 10.0 Å². The van der Waals surface area contributed by atoms with Crippen LogP contribution >= 0.6 is 0 Å². The Morgan fingerprint density at radius 1 is 1.04 bits per heavy atom. The van der Waals surface area contributed by atoms with Gasteiger partial charge < -0.3 is 4.90 Å². The molecule has 23 heavy (non-hydrogen) atoms. The SMILES string of the molecule is CCN1CCCC1c1ccc(N2CCN(S(C)(=O)=O)CC2)cc1. The summed E-state index contributed by atoms with van der Waals surface area (Å²) in [7, 11) is -3.06. The number of rotatable bonds is 4. The van der Waals surface area contributed by atoms with E-state index in [1.165, 1.54) is 36.9 Å². The van der Waals surface area contributed by atoms with Crippen molar-refractivity contribution in [1.29, 1.82) is 0 Å². The molecule has 0 aliphatic carbocycles. The minimum atomic E-state index is -3.06. The van der Waals surface area contributed by atoms with E-state index in [0.717, 1.165) is 19.6 Å². The molecule has 1 unspecified atom stereocenters. The molecular formula is C17H27N3O2S. The molecule has 128 valence electrons. The largest absolute Gasteiger partial charge is 0.369 e. The second kappa shape index (κ2) is 6.79. The summed E-state index contributed by atoms with van der Waals surface area (Å²) in [6, 6.07) is 9.44. The predicted octanol–water partition coefficient (Wildman–Crippen LogP) is 1.92. The lowest BCUT2D eigenvalue weighted by atomic mass is 10.0. The maximum atomic E-state index is 11.6.